The molecule has 0 aliphatic heterocycles. The molecular formula is C24H33N5O7. The lowest BCUT2D eigenvalue weighted by atomic mass is 9.97. The molecular weight excluding hydrogens is 470 g/mol. The van der Waals surface area contributed by atoms with E-state index >= 15 is 0 Å². The van der Waals surface area contributed by atoms with Crippen molar-refractivity contribution in [3.8, 4) is 0 Å². The topological polar surface area (TPSA) is 204 Å². The summed E-state index contributed by atoms with van der Waals surface area (Å²) in [5, 5.41) is 26.8. The number of benzene rings is 1. The number of H-pyrrole nitrogens is 1. The van der Waals surface area contributed by atoms with Crippen LogP contribution in [0, 0.1) is 5.92 Å². The van der Waals surface area contributed by atoms with E-state index in [1.54, 1.807) is 13.1 Å². The third kappa shape index (κ3) is 7.54. The lowest BCUT2D eigenvalue weighted by Gasteiger charge is -2.27. The van der Waals surface area contributed by atoms with Gasteiger partial charge in [0.15, 0.2) is 0 Å². The van der Waals surface area contributed by atoms with E-state index in [9.17, 15) is 29.1 Å². The van der Waals surface area contributed by atoms with Gasteiger partial charge in [-0.15, -0.1) is 0 Å². The molecule has 1 aromatic carbocycles. The van der Waals surface area contributed by atoms with E-state index in [1.165, 1.54) is 6.92 Å². The number of hydrogen-bond acceptors (Lipinski definition) is 6. The number of aliphatic carboxylic acids is 2. The average Bonchev–Trinajstić information content (AvgIpc) is 3.23. The Hall–Kier alpha value is -3.93. The highest BCUT2D eigenvalue weighted by molar-refractivity contribution is 5.95. The zero-order valence-electron chi connectivity index (χ0n) is 20.4. The number of fused-ring (bicyclic) bond motifs is 1. The van der Waals surface area contributed by atoms with Crippen LogP contribution in [0.25, 0.3) is 10.9 Å². The van der Waals surface area contributed by atoms with Crippen molar-refractivity contribution in [3.63, 3.8) is 0 Å². The molecule has 12 nitrogen and oxygen atoms in total. The average molecular weight is 504 g/mol. The maximum Gasteiger partial charge on any atom is 0.326 e. The van der Waals surface area contributed by atoms with Crippen molar-refractivity contribution in [1.29, 1.82) is 0 Å². The van der Waals surface area contributed by atoms with E-state index in [0.717, 1.165) is 16.5 Å². The second kappa shape index (κ2) is 12.7. The summed E-state index contributed by atoms with van der Waals surface area (Å²) < 4.78 is 0. The highest BCUT2D eigenvalue weighted by Gasteiger charge is 2.32. The van der Waals surface area contributed by atoms with Gasteiger partial charge in [0.2, 0.25) is 17.7 Å². The van der Waals surface area contributed by atoms with Crippen LogP contribution in [-0.2, 0) is 30.4 Å². The molecule has 3 amide bonds. The van der Waals surface area contributed by atoms with Crippen LogP contribution in [0.5, 0.6) is 0 Å². The Morgan fingerprint density at radius 2 is 1.64 bits per heavy atom. The minimum Gasteiger partial charge on any atom is -0.481 e. The van der Waals surface area contributed by atoms with E-state index in [0.29, 0.717) is 6.42 Å². The van der Waals surface area contributed by atoms with Gasteiger partial charge in [-0.3, -0.25) is 19.2 Å². The Kier molecular flexibility index (Phi) is 9.97. The van der Waals surface area contributed by atoms with Crippen LogP contribution in [0.3, 0.4) is 0 Å². The van der Waals surface area contributed by atoms with Gasteiger partial charge in [0.05, 0.1) is 12.5 Å². The third-order valence-electron chi connectivity index (χ3n) is 5.99. The first-order chi connectivity index (χ1) is 16.9. The number of nitrogens with one attached hydrogen (secondary N) is 4. The second-order valence-electron chi connectivity index (χ2n) is 8.77. The number of carbonyl (C=O) groups excluding carboxylic acids is 3. The maximum atomic E-state index is 13.1. The predicted molar refractivity (Wildman–Crippen MR) is 131 cm³/mol. The molecule has 0 fully saturated rings. The van der Waals surface area contributed by atoms with Crippen LogP contribution >= 0.6 is 0 Å². The van der Waals surface area contributed by atoms with E-state index < -0.39 is 60.2 Å². The fourth-order valence-corrected chi connectivity index (χ4v) is 3.63. The van der Waals surface area contributed by atoms with Gasteiger partial charge < -0.3 is 36.9 Å². The molecule has 0 spiro atoms. The summed E-state index contributed by atoms with van der Waals surface area (Å²) >= 11 is 0. The Morgan fingerprint density at radius 3 is 2.25 bits per heavy atom. The van der Waals surface area contributed by atoms with Gasteiger partial charge in [0.1, 0.15) is 18.1 Å². The number of rotatable bonds is 13. The molecule has 2 rings (SSSR count). The van der Waals surface area contributed by atoms with E-state index in [4.69, 9.17) is 10.8 Å². The first kappa shape index (κ1) is 28.3. The Labute approximate surface area is 208 Å². The fourth-order valence-electron chi connectivity index (χ4n) is 3.63. The number of amides is 3. The summed E-state index contributed by atoms with van der Waals surface area (Å²) in [7, 11) is 0. The molecule has 0 aliphatic rings. The van der Waals surface area contributed by atoms with E-state index in [2.05, 4.69) is 20.9 Å². The Bertz CT molecular complexity index is 1120. The summed E-state index contributed by atoms with van der Waals surface area (Å²) in [5.74, 6) is -5.04. The first-order valence-electron chi connectivity index (χ1n) is 11.6. The van der Waals surface area contributed by atoms with Gasteiger partial charge in [0.25, 0.3) is 0 Å². The largest absolute Gasteiger partial charge is 0.481 e. The first-order valence-corrected chi connectivity index (χ1v) is 11.6. The molecule has 0 saturated heterocycles. The summed E-state index contributed by atoms with van der Waals surface area (Å²) in [6, 6.07) is 2.62. The number of aromatic nitrogens is 1. The second-order valence-corrected chi connectivity index (χ2v) is 8.77. The number of carbonyl (C=O) groups is 5. The number of carboxylic acid groups (broad SMARTS) is 2. The van der Waals surface area contributed by atoms with Gasteiger partial charge in [-0.2, -0.15) is 0 Å². The van der Waals surface area contributed by atoms with Crippen LogP contribution in [-0.4, -0.2) is 69.0 Å². The van der Waals surface area contributed by atoms with Crippen molar-refractivity contribution in [2.75, 3.05) is 0 Å². The predicted octanol–water partition coefficient (Wildman–Crippen LogP) is 0.117. The van der Waals surface area contributed by atoms with Crippen LogP contribution < -0.4 is 21.7 Å². The van der Waals surface area contributed by atoms with Crippen molar-refractivity contribution in [3.05, 3.63) is 36.0 Å². The summed E-state index contributed by atoms with van der Waals surface area (Å²) in [5.41, 5.74) is 7.07. The molecule has 2 aromatic rings. The van der Waals surface area contributed by atoms with Crippen LogP contribution in [0.4, 0.5) is 0 Å². The molecule has 0 radical (unpaired) electrons. The molecule has 196 valence electrons. The quantitative estimate of drug-likeness (QED) is 0.199. The number of hydrogen-bond donors (Lipinski definition) is 7. The summed E-state index contributed by atoms with van der Waals surface area (Å²) in [4.78, 5) is 63.6. The van der Waals surface area contributed by atoms with Crippen molar-refractivity contribution in [1.82, 2.24) is 20.9 Å². The van der Waals surface area contributed by atoms with Gasteiger partial charge in [-0.05, 0) is 24.5 Å². The Morgan fingerprint density at radius 1 is 0.972 bits per heavy atom. The minimum absolute atomic E-state index is 0.0280. The number of nitrogens with two attached hydrogens (primary N) is 1. The lowest BCUT2D eigenvalue weighted by Crippen LogP contribution is -2.58. The van der Waals surface area contributed by atoms with Gasteiger partial charge in [0, 0.05) is 23.5 Å². The fraction of sp³-hybridized carbons (Fsp3) is 0.458. The molecule has 1 heterocycles. The summed E-state index contributed by atoms with van der Waals surface area (Å²) in [6.07, 6.45) is 1.62. The van der Waals surface area contributed by atoms with Crippen LogP contribution in [0.15, 0.2) is 30.5 Å². The highest BCUT2D eigenvalue weighted by atomic mass is 16.4. The monoisotopic (exact) mass is 503 g/mol. The smallest absolute Gasteiger partial charge is 0.326 e. The number of carboxylic acids is 2. The van der Waals surface area contributed by atoms with Crippen molar-refractivity contribution >= 4 is 40.6 Å². The summed E-state index contributed by atoms with van der Waals surface area (Å²) in [6.45, 7) is 4.91. The van der Waals surface area contributed by atoms with Gasteiger partial charge >= 0.3 is 11.9 Å². The Balaban J connectivity index is 2.10. The van der Waals surface area contributed by atoms with Crippen molar-refractivity contribution in [2.45, 2.75) is 64.2 Å². The zero-order valence-corrected chi connectivity index (χ0v) is 20.4. The molecule has 1 aromatic heterocycles. The molecule has 0 saturated carbocycles. The molecule has 12 heteroatoms. The standard InChI is InChI=1S/C24H33N5O7/c1-4-12(2)20(29-21(32)13(3)27-22(33)16(25)10-19(30)31)23(34)28-18(24(35)36)9-14-11-26-17-8-6-5-7-15(14)17/h5-8,11-13,16,18,20,26H,4,9-10,25H2,1-3H3,(H,27,33)(H,28,34)(H,29,32)(H,30,31)(H,35,36). The third-order valence-corrected chi connectivity index (χ3v) is 5.99. The van der Waals surface area contributed by atoms with Gasteiger partial charge in [-0.25, -0.2) is 4.79 Å². The molecule has 0 bridgehead atoms. The van der Waals surface area contributed by atoms with Crippen molar-refractivity contribution < 1.29 is 34.2 Å². The maximum absolute atomic E-state index is 13.1. The van der Waals surface area contributed by atoms with E-state index in [-0.39, 0.29) is 12.3 Å². The van der Waals surface area contributed by atoms with E-state index in [1.807, 2.05) is 31.2 Å². The highest BCUT2D eigenvalue weighted by Crippen LogP contribution is 2.19. The molecule has 5 atom stereocenters. The van der Waals surface area contributed by atoms with Crippen LogP contribution in [0.2, 0.25) is 0 Å². The minimum atomic E-state index is -1.34. The molecule has 8 N–H and O–H groups in total. The number of para-hydroxylation sites is 1. The molecule has 0 aliphatic carbocycles. The SMILES string of the molecule is CCC(C)C(NC(=O)C(C)NC(=O)C(N)CC(=O)O)C(=O)NC(Cc1c[nH]c2ccccc12)C(=O)O. The van der Waals surface area contributed by atoms with Crippen LogP contribution in [0.1, 0.15) is 39.2 Å². The molecule has 5 unspecified atom stereocenters. The van der Waals surface area contributed by atoms with Crippen molar-refractivity contribution in [2.24, 2.45) is 11.7 Å². The molecule has 36 heavy (non-hydrogen) atoms. The zero-order chi connectivity index (χ0) is 27.0. The number of aromatic amines is 1. The lowest BCUT2D eigenvalue weighted by molar-refractivity contribution is -0.142. The normalized spacial score (nSPS) is 15.2. The van der Waals surface area contributed by atoms with Gasteiger partial charge in [-0.1, -0.05) is 38.5 Å².